The Balaban J connectivity index is 2.12. The third-order valence-corrected chi connectivity index (χ3v) is 5.92. The zero-order valence-electron chi connectivity index (χ0n) is 14.7. The summed E-state index contributed by atoms with van der Waals surface area (Å²) in [7, 11) is 0. The second-order valence-corrected chi connectivity index (χ2v) is 7.75. The molecule has 0 aliphatic heterocycles. The van der Waals surface area contributed by atoms with E-state index in [1.54, 1.807) is 11.3 Å². The van der Waals surface area contributed by atoms with E-state index < -0.39 is 0 Å². The minimum Gasteiger partial charge on any atom is -0.344 e. The molecule has 0 bridgehead atoms. The van der Waals surface area contributed by atoms with Gasteiger partial charge in [0.05, 0.1) is 4.86 Å². The lowest BCUT2D eigenvalue weighted by Gasteiger charge is -2.08. The Morgan fingerprint density at radius 3 is 2.62 bits per heavy atom. The van der Waals surface area contributed by atoms with Crippen molar-refractivity contribution >= 4 is 45.4 Å². The molecule has 0 aliphatic carbocycles. The summed E-state index contributed by atoms with van der Waals surface area (Å²) in [6.07, 6.45) is 3.34. The van der Waals surface area contributed by atoms with Crippen LogP contribution in [0.2, 0.25) is 0 Å². The predicted octanol–water partition coefficient (Wildman–Crippen LogP) is 6.55. The molecule has 0 unspecified atom stereocenters. The maximum Gasteiger partial charge on any atom is 0.0503 e. The standard InChI is InChI=1S/C21H23NS2/c1-5-11-22-15(3)20(18-8-6-7-9-19(18)22)21(23)14(2)13-17-10-12-24-16(17)4/h6-10,12-13H,5,11H2,1-4H3/b14-13+. The Hall–Kier alpha value is -1.71. The molecule has 0 saturated heterocycles. The highest BCUT2D eigenvalue weighted by Gasteiger charge is 2.17. The van der Waals surface area contributed by atoms with E-state index in [4.69, 9.17) is 12.2 Å². The van der Waals surface area contributed by atoms with Gasteiger partial charge in [-0.2, -0.15) is 0 Å². The van der Waals surface area contributed by atoms with E-state index in [0.717, 1.165) is 23.4 Å². The van der Waals surface area contributed by atoms with Crippen molar-refractivity contribution in [1.82, 2.24) is 4.57 Å². The zero-order chi connectivity index (χ0) is 17.3. The van der Waals surface area contributed by atoms with E-state index in [9.17, 15) is 0 Å². The highest BCUT2D eigenvalue weighted by atomic mass is 32.1. The van der Waals surface area contributed by atoms with Crippen molar-refractivity contribution in [1.29, 1.82) is 0 Å². The number of aryl methyl sites for hydroxylation is 2. The number of aromatic nitrogens is 1. The van der Waals surface area contributed by atoms with Crippen molar-refractivity contribution in [3.63, 3.8) is 0 Å². The Labute approximate surface area is 153 Å². The molecule has 1 aromatic carbocycles. The molecule has 0 amide bonds. The van der Waals surface area contributed by atoms with E-state index >= 15 is 0 Å². The number of fused-ring (bicyclic) bond motifs is 1. The van der Waals surface area contributed by atoms with E-state index in [2.05, 4.69) is 74.0 Å². The van der Waals surface area contributed by atoms with Gasteiger partial charge >= 0.3 is 0 Å². The number of allylic oxidation sites excluding steroid dienone is 1. The van der Waals surface area contributed by atoms with E-state index in [1.165, 1.54) is 32.6 Å². The molecular weight excluding hydrogens is 330 g/mol. The Bertz CT molecular complexity index is 925. The van der Waals surface area contributed by atoms with Gasteiger partial charge in [-0.05, 0) is 61.9 Å². The molecule has 124 valence electrons. The quantitative estimate of drug-likeness (QED) is 0.286. The SMILES string of the molecule is CCCn1c(C)c(C(=S)/C(C)=C/c2ccsc2C)c2ccccc21. The van der Waals surface area contributed by atoms with Gasteiger partial charge in [-0.15, -0.1) is 11.3 Å². The fraction of sp³-hybridized carbons (Fsp3) is 0.286. The van der Waals surface area contributed by atoms with Crippen LogP contribution in [0.1, 0.15) is 42.0 Å². The van der Waals surface area contributed by atoms with Crippen LogP contribution >= 0.6 is 23.6 Å². The third kappa shape index (κ3) is 2.99. The van der Waals surface area contributed by atoms with Crippen LogP contribution in [0.3, 0.4) is 0 Å². The first kappa shape index (κ1) is 17.1. The van der Waals surface area contributed by atoms with Crippen molar-refractivity contribution in [3.05, 3.63) is 63.0 Å². The molecule has 3 heteroatoms. The van der Waals surface area contributed by atoms with Gasteiger partial charge in [-0.25, -0.2) is 0 Å². The van der Waals surface area contributed by atoms with Crippen molar-refractivity contribution < 1.29 is 0 Å². The van der Waals surface area contributed by atoms with Gasteiger partial charge in [0.2, 0.25) is 0 Å². The molecule has 0 radical (unpaired) electrons. The van der Waals surface area contributed by atoms with E-state index in [-0.39, 0.29) is 0 Å². The number of para-hydroxylation sites is 1. The van der Waals surface area contributed by atoms with Crippen LogP contribution in [-0.2, 0) is 6.54 Å². The average molecular weight is 354 g/mol. The van der Waals surface area contributed by atoms with Gasteiger partial charge in [0.15, 0.2) is 0 Å². The molecule has 0 atom stereocenters. The smallest absolute Gasteiger partial charge is 0.0503 e. The van der Waals surface area contributed by atoms with Gasteiger partial charge < -0.3 is 4.57 Å². The van der Waals surface area contributed by atoms with Crippen molar-refractivity contribution in [3.8, 4) is 0 Å². The molecule has 2 aromatic heterocycles. The maximum atomic E-state index is 5.89. The van der Waals surface area contributed by atoms with E-state index in [1.807, 2.05) is 0 Å². The lowest BCUT2D eigenvalue weighted by molar-refractivity contribution is 0.685. The van der Waals surface area contributed by atoms with Crippen LogP contribution < -0.4 is 0 Å². The van der Waals surface area contributed by atoms with Gasteiger partial charge in [0.25, 0.3) is 0 Å². The average Bonchev–Trinajstić information content (AvgIpc) is 3.09. The highest BCUT2D eigenvalue weighted by molar-refractivity contribution is 7.81. The van der Waals surface area contributed by atoms with Gasteiger partial charge in [0, 0.05) is 33.6 Å². The predicted molar refractivity (Wildman–Crippen MR) is 111 cm³/mol. The maximum absolute atomic E-state index is 5.89. The molecule has 0 spiro atoms. The lowest BCUT2D eigenvalue weighted by Crippen LogP contribution is -2.04. The van der Waals surface area contributed by atoms with Crippen LogP contribution in [0.5, 0.6) is 0 Å². The van der Waals surface area contributed by atoms with E-state index in [0.29, 0.717) is 0 Å². The lowest BCUT2D eigenvalue weighted by atomic mass is 10.0. The Morgan fingerprint density at radius 1 is 1.21 bits per heavy atom. The fourth-order valence-corrected chi connectivity index (χ4v) is 4.27. The van der Waals surface area contributed by atoms with Crippen LogP contribution in [0.4, 0.5) is 0 Å². The topological polar surface area (TPSA) is 4.93 Å². The summed E-state index contributed by atoms with van der Waals surface area (Å²) in [6.45, 7) is 9.73. The summed E-state index contributed by atoms with van der Waals surface area (Å²) < 4.78 is 2.40. The summed E-state index contributed by atoms with van der Waals surface area (Å²) in [5, 5.41) is 3.40. The van der Waals surface area contributed by atoms with Crippen molar-refractivity contribution in [2.24, 2.45) is 0 Å². The van der Waals surface area contributed by atoms with Crippen LogP contribution in [0.25, 0.3) is 17.0 Å². The van der Waals surface area contributed by atoms with Gasteiger partial charge in [0.1, 0.15) is 0 Å². The number of hydrogen-bond acceptors (Lipinski definition) is 2. The number of nitrogens with zero attached hydrogens (tertiary/aromatic N) is 1. The zero-order valence-corrected chi connectivity index (χ0v) is 16.4. The van der Waals surface area contributed by atoms with Crippen molar-refractivity contribution in [2.45, 2.75) is 40.7 Å². The molecular formula is C21H23NS2. The van der Waals surface area contributed by atoms with Crippen LogP contribution in [0, 0.1) is 13.8 Å². The summed E-state index contributed by atoms with van der Waals surface area (Å²) in [5.41, 5.74) is 6.21. The summed E-state index contributed by atoms with van der Waals surface area (Å²) >= 11 is 7.67. The molecule has 3 rings (SSSR count). The molecule has 0 N–H and O–H groups in total. The summed E-state index contributed by atoms with van der Waals surface area (Å²) in [6, 6.07) is 10.8. The monoisotopic (exact) mass is 353 g/mol. The molecule has 1 nitrogen and oxygen atoms in total. The second-order valence-electron chi connectivity index (χ2n) is 6.22. The normalized spacial score (nSPS) is 12.1. The van der Waals surface area contributed by atoms with Crippen LogP contribution in [0.15, 0.2) is 41.3 Å². The fourth-order valence-electron chi connectivity index (χ4n) is 3.27. The number of thiocarbonyl (C=S) groups is 1. The first-order valence-electron chi connectivity index (χ1n) is 8.39. The summed E-state index contributed by atoms with van der Waals surface area (Å²) in [5.74, 6) is 0. The van der Waals surface area contributed by atoms with Crippen LogP contribution in [-0.4, -0.2) is 9.43 Å². The highest BCUT2D eigenvalue weighted by Crippen LogP contribution is 2.30. The third-order valence-electron chi connectivity index (χ3n) is 4.53. The largest absolute Gasteiger partial charge is 0.344 e. The minimum absolute atomic E-state index is 0.962. The minimum atomic E-state index is 0.962. The molecule has 2 heterocycles. The molecule has 3 aromatic rings. The Kier molecular flexibility index (Phi) is 5.02. The van der Waals surface area contributed by atoms with Gasteiger partial charge in [-0.1, -0.05) is 37.3 Å². The molecule has 24 heavy (non-hydrogen) atoms. The molecule has 0 fully saturated rings. The number of benzene rings is 1. The molecule has 0 aliphatic rings. The number of hydrogen-bond donors (Lipinski definition) is 0. The number of thiophene rings is 1. The first-order valence-corrected chi connectivity index (χ1v) is 9.68. The van der Waals surface area contributed by atoms with Crippen molar-refractivity contribution in [2.75, 3.05) is 0 Å². The summed E-state index contributed by atoms with van der Waals surface area (Å²) in [4.78, 5) is 2.30. The van der Waals surface area contributed by atoms with Gasteiger partial charge in [-0.3, -0.25) is 0 Å². The Morgan fingerprint density at radius 2 is 1.96 bits per heavy atom. The first-order chi connectivity index (χ1) is 11.5. The second kappa shape index (κ2) is 7.04. The molecule has 0 saturated carbocycles. The number of rotatable bonds is 5.